The van der Waals surface area contributed by atoms with Gasteiger partial charge in [0.1, 0.15) is 5.69 Å². The SMILES string of the molecule is O=C(c1ccc(N2CCCC2)cn1)N1CCN(c2cccc(Cl)c2)CC1. The van der Waals surface area contributed by atoms with Gasteiger partial charge in [-0.1, -0.05) is 17.7 Å². The fraction of sp³-hybridized carbons (Fsp3) is 0.400. The van der Waals surface area contributed by atoms with Crippen molar-refractivity contribution in [3.63, 3.8) is 0 Å². The average molecular weight is 371 g/mol. The predicted octanol–water partition coefficient (Wildman–Crippen LogP) is 3.30. The number of carbonyl (C=O) groups excluding carboxylic acids is 1. The van der Waals surface area contributed by atoms with Gasteiger partial charge in [-0.2, -0.15) is 0 Å². The number of amides is 1. The first-order valence-corrected chi connectivity index (χ1v) is 9.59. The lowest BCUT2D eigenvalue weighted by atomic mass is 10.2. The first kappa shape index (κ1) is 17.2. The molecule has 6 heteroatoms. The Morgan fingerprint density at radius 3 is 2.27 bits per heavy atom. The van der Waals surface area contributed by atoms with Gasteiger partial charge in [-0.15, -0.1) is 0 Å². The Hall–Kier alpha value is -2.27. The predicted molar refractivity (Wildman–Crippen MR) is 105 cm³/mol. The number of benzene rings is 1. The summed E-state index contributed by atoms with van der Waals surface area (Å²) in [6, 6.07) is 11.7. The molecule has 3 heterocycles. The number of halogens is 1. The molecular weight excluding hydrogens is 348 g/mol. The molecule has 5 nitrogen and oxygen atoms in total. The van der Waals surface area contributed by atoms with E-state index < -0.39 is 0 Å². The van der Waals surface area contributed by atoms with Crippen LogP contribution in [0.2, 0.25) is 5.02 Å². The van der Waals surface area contributed by atoms with Gasteiger partial charge >= 0.3 is 0 Å². The van der Waals surface area contributed by atoms with Crippen molar-refractivity contribution in [2.24, 2.45) is 0 Å². The van der Waals surface area contributed by atoms with Gasteiger partial charge in [0.05, 0.1) is 11.9 Å². The normalized spacial score (nSPS) is 17.7. The fourth-order valence-electron chi connectivity index (χ4n) is 3.68. The Balaban J connectivity index is 1.37. The molecule has 1 aromatic carbocycles. The molecule has 26 heavy (non-hydrogen) atoms. The first-order valence-electron chi connectivity index (χ1n) is 9.21. The second kappa shape index (κ2) is 7.54. The molecule has 0 atom stereocenters. The van der Waals surface area contributed by atoms with Crippen LogP contribution in [-0.4, -0.2) is 55.1 Å². The topological polar surface area (TPSA) is 39.7 Å². The third-order valence-corrected chi connectivity index (χ3v) is 5.41. The number of carbonyl (C=O) groups is 1. The minimum atomic E-state index is 0.0173. The minimum Gasteiger partial charge on any atom is -0.370 e. The highest BCUT2D eigenvalue weighted by Gasteiger charge is 2.23. The number of rotatable bonds is 3. The van der Waals surface area contributed by atoms with E-state index in [0.717, 1.165) is 42.6 Å². The standard InChI is InChI=1S/C20H23ClN4O/c21-16-4-3-5-17(14-16)24-10-12-25(13-11-24)20(26)19-7-6-18(15-22-19)23-8-1-2-9-23/h3-7,14-15H,1-2,8-13H2. The number of piperazine rings is 1. The van der Waals surface area contributed by atoms with Gasteiger partial charge in [-0.05, 0) is 43.2 Å². The second-order valence-corrected chi connectivity index (χ2v) is 7.29. The van der Waals surface area contributed by atoms with Crippen LogP contribution in [0.4, 0.5) is 11.4 Å². The van der Waals surface area contributed by atoms with Crippen molar-refractivity contribution >= 4 is 28.9 Å². The van der Waals surface area contributed by atoms with Gasteiger partial charge in [-0.25, -0.2) is 4.98 Å². The monoisotopic (exact) mass is 370 g/mol. The Morgan fingerprint density at radius 1 is 0.885 bits per heavy atom. The Morgan fingerprint density at radius 2 is 1.62 bits per heavy atom. The smallest absolute Gasteiger partial charge is 0.272 e. The molecule has 0 saturated carbocycles. The molecule has 2 aliphatic rings. The second-order valence-electron chi connectivity index (χ2n) is 6.85. The van der Waals surface area contributed by atoms with Crippen LogP contribution >= 0.6 is 11.6 Å². The minimum absolute atomic E-state index is 0.0173. The third-order valence-electron chi connectivity index (χ3n) is 5.18. The van der Waals surface area contributed by atoms with Crippen molar-refractivity contribution in [2.75, 3.05) is 49.1 Å². The summed E-state index contributed by atoms with van der Waals surface area (Å²) in [7, 11) is 0. The Kier molecular flexibility index (Phi) is 4.98. The van der Waals surface area contributed by atoms with Crippen molar-refractivity contribution in [3.8, 4) is 0 Å². The van der Waals surface area contributed by atoms with E-state index in [1.54, 1.807) is 0 Å². The summed E-state index contributed by atoms with van der Waals surface area (Å²) in [5.41, 5.74) is 2.76. The van der Waals surface area contributed by atoms with Crippen LogP contribution in [0.1, 0.15) is 23.3 Å². The summed E-state index contributed by atoms with van der Waals surface area (Å²) in [5.74, 6) is 0.0173. The number of nitrogens with zero attached hydrogens (tertiary/aromatic N) is 4. The lowest BCUT2D eigenvalue weighted by molar-refractivity contribution is 0.0741. The van der Waals surface area contributed by atoms with Gasteiger partial charge in [-0.3, -0.25) is 4.79 Å². The van der Waals surface area contributed by atoms with Crippen LogP contribution in [-0.2, 0) is 0 Å². The molecule has 2 saturated heterocycles. The summed E-state index contributed by atoms with van der Waals surface area (Å²) < 4.78 is 0. The highest BCUT2D eigenvalue weighted by Crippen LogP contribution is 2.22. The number of anilines is 2. The Labute approximate surface area is 159 Å². The fourth-order valence-corrected chi connectivity index (χ4v) is 3.86. The average Bonchev–Trinajstić information content (AvgIpc) is 3.23. The third kappa shape index (κ3) is 3.63. The lowest BCUT2D eigenvalue weighted by Crippen LogP contribution is -2.49. The van der Waals surface area contributed by atoms with Gasteiger partial charge in [0.25, 0.3) is 5.91 Å². The molecule has 0 N–H and O–H groups in total. The van der Waals surface area contributed by atoms with Crippen molar-refractivity contribution in [2.45, 2.75) is 12.8 Å². The number of pyridine rings is 1. The maximum Gasteiger partial charge on any atom is 0.272 e. The van der Waals surface area contributed by atoms with Crippen LogP contribution < -0.4 is 9.80 Å². The summed E-state index contributed by atoms with van der Waals surface area (Å²) in [4.78, 5) is 23.6. The molecule has 2 aliphatic heterocycles. The molecule has 1 amide bonds. The summed E-state index contributed by atoms with van der Waals surface area (Å²) in [6.07, 6.45) is 4.30. The van der Waals surface area contributed by atoms with E-state index in [2.05, 4.69) is 20.9 Å². The van der Waals surface area contributed by atoms with E-state index in [-0.39, 0.29) is 5.91 Å². The summed E-state index contributed by atoms with van der Waals surface area (Å²) >= 11 is 6.08. The number of hydrogen-bond acceptors (Lipinski definition) is 4. The zero-order chi connectivity index (χ0) is 17.9. The van der Waals surface area contributed by atoms with Crippen molar-refractivity contribution in [1.29, 1.82) is 0 Å². The molecule has 2 aromatic rings. The van der Waals surface area contributed by atoms with Crippen LogP contribution in [0, 0.1) is 0 Å². The molecule has 1 aromatic heterocycles. The maximum absolute atomic E-state index is 12.7. The van der Waals surface area contributed by atoms with Crippen molar-refractivity contribution in [1.82, 2.24) is 9.88 Å². The molecule has 2 fully saturated rings. The van der Waals surface area contributed by atoms with E-state index in [4.69, 9.17) is 11.6 Å². The molecule has 0 spiro atoms. The molecule has 0 unspecified atom stereocenters. The number of aromatic nitrogens is 1. The molecule has 136 valence electrons. The van der Waals surface area contributed by atoms with Crippen LogP contribution in [0.15, 0.2) is 42.6 Å². The van der Waals surface area contributed by atoms with Crippen LogP contribution in [0.3, 0.4) is 0 Å². The summed E-state index contributed by atoms with van der Waals surface area (Å²) in [6.45, 7) is 5.17. The quantitative estimate of drug-likeness (QED) is 0.831. The van der Waals surface area contributed by atoms with Crippen molar-refractivity contribution < 1.29 is 4.79 Å². The van der Waals surface area contributed by atoms with E-state index in [1.165, 1.54) is 12.8 Å². The largest absolute Gasteiger partial charge is 0.370 e. The maximum atomic E-state index is 12.7. The molecule has 0 aliphatic carbocycles. The van der Waals surface area contributed by atoms with Gasteiger partial charge in [0.2, 0.25) is 0 Å². The highest BCUT2D eigenvalue weighted by molar-refractivity contribution is 6.30. The Bertz CT molecular complexity index is 766. The molecule has 4 rings (SSSR count). The first-order chi connectivity index (χ1) is 12.7. The number of hydrogen-bond donors (Lipinski definition) is 0. The van der Waals surface area contributed by atoms with Crippen LogP contribution in [0.5, 0.6) is 0 Å². The molecular formula is C20H23ClN4O. The van der Waals surface area contributed by atoms with E-state index in [1.807, 2.05) is 41.4 Å². The van der Waals surface area contributed by atoms with E-state index in [9.17, 15) is 4.79 Å². The van der Waals surface area contributed by atoms with Gasteiger partial charge < -0.3 is 14.7 Å². The zero-order valence-corrected chi connectivity index (χ0v) is 15.5. The van der Waals surface area contributed by atoms with E-state index >= 15 is 0 Å². The van der Waals surface area contributed by atoms with Crippen molar-refractivity contribution in [3.05, 3.63) is 53.3 Å². The highest BCUT2D eigenvalue weighted by atomic mass is 35.5. The van der Waals surface area contributed by atoms with Gasteiger partial charge in [0.15, 0.2) is 0 Å². The zero-order valence-electron chi connectivity index (χ0n) is 14.8. The van der Waals surface area contributed by atoms with Gasteiger partial charge in [0, 0.05) is 50.0 Å². The van der Waals surface area contributed by atoms with Crippen LogP contribution in [0.25, 0.3) is 0 Å². The van der Waals surface area contributed by atoms with E-state index in [0.29, 0.717) is 18.8 Å². The summed E-state index contributed by atoms with van der Waals surface area (Å²) in [5, 5.41) is 0.739. The lowest BCUT2D eigenvalue weighted by Gasteiger charge is -2.36. The molecule has 0 radical (unpaired) electrons. The molecule has 0 bridgehead atoms.